The van der Waals surface area contributed by atoms with Gasteiger partial charge in [0.2, 0.25) is 0 Å². The Bertz CT molecular complexity index is 1580. The summed E-state index contributed by atoms with van der Waals surface area (Å²) >= 11 is 0. The number of rotatable bonds is 9. The second-order valence-corrected chi connectivity index (χ2v) is 10.8. The van der Waals surface area contributed by atoms with Crippen molar-refractivity contribution in [2.24, 2.45) is 0 Å². The molecule has 0 radical (unpaired) electrons. The highest BCUT2D eigenvalue weighted by molar-refractivity contribution is 7.90. The van der Waals surface area contributed by atoms with E-state index in [2.05, 4.69) is 50.0 Å². The van der Waals surface area contributed by atoms with E-state index >= 15 is 0 Å². The van der Waals surface area contributed by atoms with Crippen molar-refractivity contribution in [3.63, 3.8) is 0 Å². The van der Waals surface area contributed by atoms with Crippen molar-refractivity contribution < 1.29 is 8.42 Å². The van der Waals surface area contributed by atoms with Gasteiger partial charge in [0, 0.05) is 35.8 Å². The van der Waals surface area contributed by atoms with Crippen molar-refractivity contribution in [3.05, 3.63) is 90.4 Å². The second kappa shape index (κ2) is 9.81. The molecule has 0 unspecified atom stereocenters. The summed E-state index contributed by atoms with van der Waals surface area (Å²) < 4.78 is 24.6. The van der Waals surface area contributed by atoms with Crippen molar-refractivity contribution in [3.8, 4) is 0 Å². The number of hydrogen-bond donors (Lipinski definition) is 2. The zero-order valence-corrected chi connectivity index (χ0v) is 20.2. The summed E-state index contributed by atoms with van der Waals surface area (Å²) in [6, 6.07) is 22.4. The topological polar surface area (TPSA) is 102 Å². The number of sulfone groups is 1. The molecule has 0 amide bonds. The lowest BCUT2D eigenvalue weighted by Crippen LogP contribution is -2.21. The maximum Gasteiger partial charge on any atom is 0.148 e. The van der Waals surface area contributed by atoms with Gasteiger partial charge in [-0.15, -0.1) is 0 Å². The number of nitrogens with one attached hydrogen (secondary N) is 2. The number of benzene rings is 3. The Hall–Kier alpha value is -3.82. The van der Waals surface area contributed by atoms with Gasteiger partial charge >= 0.3 is 0 Å². The fraction of sp³-hybridized carbons (Fsp3) is 0.192. The molecule has 9 heteroatoms. The molecule has 8 nitrogen and oxygen atoms in total. The molecule has 35 heavy (non-hydrogen) atoms. The highest BCUT2D eigenvalue weighted by Gasteiger charge is 2.09. The third-order valence-electron chi connectivity index (χ3n) is 5.76. The first-order valence-electron chi connectivity index (χ1n) is 11.3. The van der Waals surface area contributed by atoms with Crippen LogP contribution in [-0.4, -0.2) is 46.7 Å². The van der Waals surface area contributed by atoms with E-state index in [0.29, 0.717) is 13.1 Å². The number of aromatic nitrogens is 4. The van der Waals surface area contributed by atoms with Crippen LogP contribution in [0.15, 0.2) is 79.3 Å². The molecule has 0 atom stereocenters. The highest BCUT2D eigenvalue weighted by Crippen LogP contribution is 2.26. The lowest BCUT2D eigenvalue weighted by Gasteiger charge is -2.10. The van der Waals surface area contributed by atoms with E-state index in [1.54, 1.807) is 6.33 Å². The molecule has 5 rings (SSSR count). The van der Waals surface area contributed by atoms with Crippen molar-refractivity contribution in [1.82, 2.24) is 25.1 Å². The summed E-state index contributed by atoms with van der Waals surface area (Å²) in [5, 5.41) is 13.1. The van der Waals surface area contributed by atoms with Crippen LogP contribution < -0.4 is 10.6 Å². The zero-order chi connectivity index (χ0) is 24.3. The molecule has 3 aromatic carbocycles. The minimum atomic E-state index is -2.97. The first-order chi connectivity index (χ1) is 16.9. The second-order valence-electron chi connectivity index (χ2n) is 8.57. The third kappa shape index (κ3) is 5.64. The molecule has 0 aliphatic rings. The molecule has 178 valence electrons. The van der Waals surface area contributed by atoms with Gasteiger partial charge in [0.1, 0.15) is 22.0 Å². The molecule has 2 heterocycles. The third-order valence-corrected chi connectivity index (χ3v) is 6.71. The molecule has 2 N–H and O–H groups in total. The van der Waals surface area contributed by atoms with Gasteiger partial charge in [0.05, 0.1) is 29.5 Å². The number of fused-ring (bicyclic) bond motifs is 2. The van der Waals surface area contributed by atoms with Crippen LogP contribution in [0.2, 0.25) is 0 Å². The van der Waals surface area contributed by atoms with Gasteiger partial charge in [-0.1, -0.05) is 36.4 Å². The minimum Gasteiger partial charge on any atom is -0.340 e. The Labute approximate surface area is 204 Å². The summed E-state index contributed by atoms with van der Waals surface area (Å²) in [7, 11) is -2.97. The molecule has 0 saturated heterocycles. The Morgan fingerprint density at radius 3 is 2.63 bits per heavy atom. The van der Waals surface area contributed by atoms with Gasteiger partial charge in [0.25, 0.3) is 0 Å². The first kappa shape index (κ1) is 22.9. The molecule has 2 aromatic heterocycles. The van der Waals surface area contributed by atoms with E-state index in [1.807, 2.05) is 53.3 Å². The Morgan fingerprint density at radius 1 is 0.943 bits per heavy atom. The lowest BCUT2D eigenvalue weighted by atomic mass is 10.1. The maximum absolute atomic E-state index is 11.3. The quantitative estimate of drug-likeness (QED) is 0.305. The normalized spacial score (nSPS) is 11.8. The highest BCUT2D eigenvalue weighted by atomic mass is 32.2. The minimum absolute atomic E-state index is 0.117. The van der Waals surface area contributed by atoms with Gasteiger partial charge in [-0.3, -0.25) is 4.68 Å². The number of hydrogen-bond acceptors (Lipinski definition) is 7. The van der Waals surface area contributed by atoms with E-state index < -0.39 is 9.84 Å². The standard InChI is InChI=1S/C26H26N6O2S/c1-35(33,34)12-11-27-15-20-7-9-23-24(13-20)28-18-29-26(23)31-22-8-10-25-21(14-22)16-30-32(25)17-19-5-3-2-4-6-19/h2-10,13-14,16,18,27H,11-12,15,17H2,1H3,(H,28,29,31). The van der Waals surface area contributed by atoms with Gasteiger partial charge in [0.15, 0.2) is 0 Å². The van der Waals surface area contributed by atoms with Gasteiger partial charge in [-0.05, 0) is 41.5 Å². The summed E-state index contributed by atoms with van der Waals surface area (Å²) in [6.45, 7) is 1.71. The molecular formula is C26H26N6O2S. The molecule has 0 fully saturated rings. The van der Waals surface area contributed by atoms with Crippen LogP contribution in [0.25, 0.3) is 21.8 Å². The smallest absolute Gasteiger partial charge is 0.148 e. The van der Waals surface area contributed by atoms with Crippen LogP contribution in [0, 0.1) is 0 Å². The lowest BCUT2D eigenvalue weighted by molar-refractivity contribution is 0.596. The van der Waals surface area contributed by atoms with Crippen LogP contribution in [0.5, 0.6) is 0 Å². The first-order valence-corrected chi connectivity index (χ1v) is 13.4. The summed E-state index contributed by atoms with van der Waals surface area (Å²) in [4.78, 5) is 8.87. The van der Waals surface area contributed by atoms with Crippen LogP contribution in [0.1, 0.15) is 11.1 Å². The monoisotopic (exact) mass is 486 g/mol. The predicted octanol–water partition coefficient (Wildman–Crippen LogP) is 3.91. The van der Waals surface area contributed by atoms with Crippen LogP contribution in [0.3, 0.4) is 0 Å². The number of anilines is 2. The van der Waals surface area contributed by atoms with Crippen molar-refractivity contribution in [2.75, 3.05) is 23.9 Å². The average Bonchev–Trinajstić information content (AvgIpc) is 3.24. The number of nitrogens with zero attached hydrogens (tertiary/aromatic N) is 4. The molecular weight excluding hydrogens is 460 g/mol. The Morgan fingerprint density at radius 2 is 1.80 bits per heavy atom. The maximum atomic E-state index is 11.3. The van der Waals surface area contributed by atoms with Crippen LogP contribution in [0.4, 0.5) is 11.5 Å². The Balaban J connectivity index is 1.32. The Kier molecular flexibility index (Phi) is 6.43. The van der Waals surface area contributed by atoms with Crippen molar-refractivity contribution in [2.45, 2.75) is 13.1 Å². The van der Waals surface area contributed by atoms with E-state index in [1.165, 1.54) is 11.8 Å². The fourth-order valence-electron chi connectivity index (χ4n) is 3.99. The molecule has 0 saturated carbocycles. The summed E-state index contributed by atoms with van der Waals surface area (Å²) in [5.41, 5.74) is 5.05. The molecule has 5 aromatic rings. The molecule has 0 aliphatic carbocycles. The molecule has 0 aliphatic heterocycles. The predicted molar refractivity (Wildman–Crippen MR) is 140 cm³/mol. The van der Waals surface area contributed by atoms with Crippen molar-refractivity contribution >= 4 is 43.1 Å². The largest absolute Gasteiger partial charge is 0.340 e. The molecule has 0 bridgehead atoms. The summed E-state index contributed by atoms with van der Waals surface area (Å²) in [6.07, 6.45) is 4.66. The van der Waals surface area contributed by atoms with E-state index in [4.69, 9.17) is 0 Å². The van der Waals surface area contributed by atoms with Crippen molar-refractivity contribution in [1.29, 1.82) is 0 Å². The zero-order valence-electron chi connectivity index (χ0n) is 19.3. The van der Waals surface area contributed by atoms with E-state index in [9.17, 15) is 8.42 Å². The molecule has 0 spiro atoms. The average molecular weight is 487 g/mol. The van der Waals surface area contributed by atoms with E-state index in [-0.39, 0.29) is 5.75 Å². The van der Waals surface area contributed by atoms with Gasteiger partial charge in [-0.2, -0.15) is 5.10 Å². The van der Waals surface area contributed by atoms with E-state index in [0.717, 1.165) is 45.4 Å². The van der Waals surface area contributed by atoms with Crippen LogP contribution in [-0.2, 0) is 22.9 Å². The van der Waals surface area contributed by atoms with Crippen LogP contribution >= 0.6 is 0 Å². The van der Waals surface area contributed by atoms with Gasteiger partial charge < -0.3 is 10.6 Å². The fourth-order valence-corrected chi connectivity index (χ4v) is 4.50. The van der Waals surface area contributed by atoms with Gasteiger partial charge in [-0.25, -0.2) is 18.4 Å². The SMILES string of the molecule is CS(=O)(=O)CCNCc1ccc2c(Nc3ccc4c(cnn4Cc4ccccc4)c3)ncnc2c1. The summed E-state index contributed by atoms with van der Waals surface area (Å²) in [5.74, 6) is 0.842.